The predicted octanol–water partition coefficient (Wildman–Crippen LogP) is 2.01. The summed E-state index contributed by atoms with van der Waals surface area (Å²) in [5.41, 5.74) is 0. The van der Waals surface area contributed by atoms with E-state index in [2.05, 4.69) is 15.3 Å². The van der Waals surface area contributed by atoms with Gasteiger partial charge in [-0.15, -0.1) is 11.3 Å². The summed E-state index contributed by atoms with van der Waals surface area (Å²) in [6, 6.07) is 1.99. The Morgan fingerprint density at radius 2 is 2.21 bits per heavy atom. The van der Waals surface area contributed by atoms with Gasteiger partial charge in [0.15, 0.2) is 0 Å². The normalized spacial score (nSPS) is 11.9. The van der Waals surface area contributed by atoms with Crippen LogP contribution in [0.5, 0.6) is 0 Å². The summed E-state index contributed by atoms with van der Waals surface area (Å²) >= 11 is 3.11. The number of nitrogens with zero attached hydrogens (tertiary/aromatic N) is 2. The summed E-state index contributed by atoms with van der Waals surface area (Å²) in [4.78, 5) is 9.87. The minimum Gasteiger partial charge on any atom is -0.372 e. The Labute approximate surface area is 120 Å². The molecule has 0 saturated heterocycles. The van der Waals surface area contributed by atoms with Gasteiger partial charge < -0.3 is 5.32 Å². The molecule has 0 aliphatic carbocycles. The Kier molecular flexibility index (Phi) is 4.64. The Morgan fingerprint density at radius 1 is 1.42 bits per heavy atom. The van der Waals surface area contributed by atoms with E-state index in [0.29, 0.717) is 11.5 Å². The lowest BCUT2D eigenvalue weighted by atomic mass is 10.4. The summed E-state index contributed by atoms with van der Waals surface area (Å²) in [7, 11) is -1.06. The summed E-state index contributed by atoms with van der Waals surface area (Å²) in [6.07, 6.45) is 1.25. The van der Waals surface area contributed by atoms with Crippen LogP contribution in [0.1, 0.15) is 5.82 Å². The van der Waals surface area contributed by atoms with Crippen LogP contribution < -0.4 is 5.32 Å². The predicted molar refractivity (Wildman–Crippen MR) is 82.8 cm³/mol. The van der Waals surface area contributed by atoms with E-state index in [1.54, 1.807) is 11.3 Å². The molecule has 19 heavy (non-hydrogen) atoms. The standard InChI is InChI=1S/C11H15N3O2S3/c1-12-10-8-3-4-18-11(8)14-9(13-10)7-17-5-6-19(2,15)16/h3-4H,5-7H2,1-2H3,(H,12,13,14). The number of fused-ring (bicyclic) bond motifs is 1. The van der Waals surface area contributed by atoms with Crippen LogP contribution in [-0.2, 0) is 15.6 Å². The molecule has 0 saturated carbocycles. The van der Waals surface area contributed by atoms with Crippen molar-refractivity contribution in [3.8, 4) is 0 Å². The minimum atomic E-state index is -2.89. The van der Waals surface area contributed by atoms with Crippen molar-refractivity contribution in [1.29, 1.82) is 0 Å². The van der Waals surface area contributed by atoms with Crippen LogP contribution >= 0.6 is 23.1 Å². The van der Waals surface area contributed by atoms with Gasteiger partial charge in [0.05, 0.1) is 16.9 Å². The number of thiophene rings is 1. The summed E-state index contributed by atoms with van der Waals surface area (Å²) in [6.45, 7) is 0. The van der Waals surface area contributed by atoms with Crippen LogP contribution in [0.25, 0.3) is 10.2 Å². The Balaban J connectivity index is 2.04. The molecular formula is C11H15N3O2S3. The van der Waals surface area contributed by atoms with Crippen molar-refractivity contribution in [2.75, 3.05) is 30.1 Å². The molecule has 0 spiro atoms. The van der Waals surface area contributed by atoms with E-state index in [1.807, 2.05) is 18.5 Å². The highest BCUT2D eigenvalue weighted by molar-refractivity contribution is 7.99. The summed E-state index contributed by atoms with van der Waals surface area (Å²) in [5, 5.41) is 6.07. The molecule has 0 unspecified atom stereocenters. The fourth-order valence-corrected chi connectivity index (χ4v) is 4.45. The lowest BCUT2D eigenvalue weighted by Gasteiger charge is -2.05. The first-order valence-electron chi connectivity index (χ1n) is 5.67. The zero-order valence-corrected chi connectivity index (χ0v) is 13.2. The average Bonchev–Trinajstić information content (AvgIpc) is 2.80. The number of nitrogens with one attached hydrogen (secondary N) is 1. The lowest BCUT2D eigenvalue weighted by Crippen LogP contribution is -2.06. The quantitative estimate of drug-likeness (QED) is 0.822. The van der Waals surface area contributed by atoms with Crippen molar-refractivity contribution in [2.45, 2.75) is 5.75 Å². The zero-order valence-electron chi connectivity index (χ0n) is 10.7. The number of thioether (sulfide) groups is 1. The van der Waals surface area contributed by atoms with E-state index < -0.39 is 9.84 Å². The third-order valence-electron chi connectivity index (χ3n) is 2.44. The van der Waals surface area contributed by atoms with Gasteiger partial charge in [0.1, 0.15) is 26.3 Å². The van der Waals surface area contributed by atoms with Gasteiger partial charge in [-0.1, -0.05) is 0 Å². The molecule has 0 fully saturated rings. The van der Waals surface area contributed by atoms with E-state index in [0.717, 1.165) is 21.9 Å². The van der Waals surface area contributed by atoms with Crippen LogP contribution in [0, 0.1) is 0 Å². The molecule has 104 valence electrons. The van der Waals surface area contributed by atoms with Crippen molar-refractivity contribution in [3.63, 3.8) is 0 Å². The number of hydrogen-bond acceptors (Lipinski definition) is 7. The van der Waals surface area contributed by atoms with Gasteiger partial charge in [0, 0.05) is 19.1 Å². The van der Waals surface area contributed by atoms with Crippen molar-refractivity contribution in [1.82, 2.24) is 9.97 Å². The third-order valence-corrected chi connectivity index (χ3v) is 5.40. The number of hydrogen-bond donors (Lipinski definition) is 1. The molecule has 0 aromatic carbocycles. The minimum absolute atomic E-state index is 0.192. The van der Waals surface area contributed by atoms with Gasteiger partial charge in [0.2, 0.25) is 0 Å². The van der Waals surface area contributed by atoms with Gasteiger partial charge in [-0.2, -0.15) is 11.8 Å². The molecule has 0 atom stereocenters. The third kappa shape index (κ3) is 4.05. The van der Waals surface area contributed by atoms with Gasteiger partial charge in [-0.3, -0.25) is 0 Å². The fraction of sp³-hybridized carbons (Fsp3) is 0.455. The zero-order chi connectivity index (χ0) is 13.9. The fourth-order valence-electron chi connectivity index (χ4n) is 1.53. The number of sulfone groups is 1. The van der Waals surface area contributed by atoms with Gasteiger partial charge in [-0.05, 0) is 11.4 Å². The molecule has 1 N–H and O–H groups in total. The van der Waals surface area contributed by atoms with E-state index in [9.17, 15) is 8.42 Å². The largest absolute Gasteiger partial charge is 0.372 e. The Hall–Kier alpha value is -0.860. The highest BCUT2D eigenvalue weighted by atomic mass is 32.2. The summed E-state index contributed by atoms with van der Waals surface area (Å²) in [5.74, 6) is 2.94. The van der Waals surface area contributed by atoms with Crippen LogP contribution in [0.2, 0.25) is 0 Å². The van der Waals surface area contributed by atoms with E-state index in [-0.39, 0.29) is 5.75 Å². The summed E-state index contributed by atoms with van der Waals surface area (Å²) < 4.78 is 22.1. The molecule has 2 heterocycles. The second kappa shape index (κ2) is 6.06. The molecule has 0 amide bonds. The molecule has 5 nitrogen and oxygen atoms in total. The van der Waals surface area contributed by atoms with Crippen LogP contribution in [0.4, 0.5) is 5.82 Å². The molecule has 8 heteroatoms. The monoisotopic (exact) mass is 317 g/mol. The molecule has 0 aliphatic heterocycles. The molecular weight excluding hydrogens is 302 g/mol. The lowest BCUT2D eigenvalue weighted by molar-refractivity contribution is 0.603. The second-order valence-corrected chi connectivity index (χ2v) is 8.32. The molecule has 0 radical (unpaired) electrons. The van der Waals surface area contributed by atoms with Crippen LogP contribution in [-0.4, -0.2) is 43.2 Å². The molecule has 2 rings (SSSR count). The van der Waals surface area contributed by atoms with Crippen molar-refractivity contribution >= 4 is 49.0 Å². The first-order chi connectivity index (χ1) is 8.99. The second-order valence-electron chi connectivity index (χ2n) is 4.06. The van der Waals surface area contributed by atoms with Crippen molar-refractivity contribution < 1.29 is 8.42 Å². The van der Waals surface area contributed by atoms with E-state index >= 15 is 0 Å². The first kappa shape index (κ1) is 14.5. The number of anilines is 1. The highest BCUT2D eigenvalue weighted by Crippen LogP contribution is 2.25. The smallest absolute Gasteiger partial charge is 0.148 e. The number of aromatic nitrogens is 2. The van der Waals surface area contributed by atoms with Crippen LogP contribution in [0.3, 0.4) is 0 Å². The molecule has 0 aliphatic rings. The molecule has 0 bridgehead atoms. The maximum absolute atomic E-state index is 11.0. The molecule has 2 aromatic heterocycles. The highest BCUT2D eigenvalue weighted by Gasteiger charge is 2.08. The van der Waals surface area contributed by atoms with Gasteiger partial charge >= 0.3 is 0 Å². The maximum atomic E-state index is 11.0. The van der Waals surface area contributed by atoms with E-state index in [1.165, 1.54) is 18.0 Å². The van der Waals surface area contributed by atoms with Crippen LogP contribution in [0.15, 0.2) is 11.4 Å². The average molecular weight is 317 g/mol. The number of rotatable bonds is 6. The van der Waals surface area contributed by atoms with Crippen molar-refractivity contribution in [2.24, 2.45) is 0 Å². The van der Waals surface area contributed by atoms with Gasteiger partial charge in [0.25, 0.3) is 0 Å². The SMILES string of the molecule is CNc1nc(CSCCS(C)(=O)=O)nc2sccc12. The Morgan fingerprint density at radius 3 is 2.89 bits per heavy atom. The van der Waals surface area contributed by atoms with Gasteiger partial charge in [-0.25, -0.2) is 18.4 Å². The van der Waals surface area contributed by atoms with E-state index in [4.69, 9.17) is 0 Å². The maximum Gasteiger partial charge on any atom is 0.148 e. The first-order valence-corrected chi connectivity index (χ1v) is 9.76. The topological polar surface area (TPSA) is 72.0 Å². The van der Waals surface area contributed by atoms with Crippen molar-refractivity contribution in [3.05, 3.63) is 17.3 Å². The molecule has 2 aromatic rings. The Bertz CT molecular complexity index is 667.